The molecule has 1 aromatic rings. The molecule has 2 aliphatic heterocycles. The monoisotopic (exact) mass is 353 g/mol. The number of pyridine rings is 1. The van der Waals surface area contributed by atoms with E-state index in [4.69, 9.17) is 4.74 Å². The van der Waals surface area contributed by atoms with Crippen LogP contribution in [0.25, 0.3) is 0 Å². The van der Waals surface area contributed by atoms with Crippen molar-refractivity contribution in [2.75, 3.05) is 13.1 Å². The van der Waals surface area contributed by atoms with Crippen LogP contribution in [-0.2, 0) is 10.3 Å². The highest BCUT2D eigenvalue weighted by Gasteiger charge is 2.55. The summed E-state index contributed by atoms with van der Waals surface area (Å²) in [6.45, 7) is 7.11. The molecule has 0 radical (unpaired) electrons. The van der Waals surface area contributed by atoms with Gasteiger partial charge in [-0.3, -0.25) is 9.88 Å². The molecule has 2 atom stereocenters. The highest BCUT2D eigenvalue weighted by molar-refractivity contribution is 9.10. The van der Waals surface area contributed by atoms with Gasteiger partial charge in [0, 0.05) is 36.0 Å². The number of carbonyl (C=O) groups excluding carboxylic acids is 1. The third-order valence-corrected chi connectivity index (χ3v) is 4.48. The fourth-order valence-corrected chi connectivity index (χ4v) is 3.57. The van der Waals surface area contributed by atoms with Gasteiger partial charge >= 0.3 is 6.09 Å². The molecule has 21 heavy (non-hydrogen) atoms. The number of fused-ring (bicyclic) bond motifs is 2. The summed E-state index contributed by atoms with van der Waals surface area (Å²) in [7, 11) is 0. The third kappa shape index (κ3) is 2.66. The molecule has 2 saturated heterocycles. The summed E-state index contributed by atoms with van der Waals surface area (Å²) in [5.41, 5.74) is 0.225. The Bertz CT molecular complexity index is 572. The van der Waals surface area contributed by atoms with Crippen LogP contribution in [0.15, 0.2) is 22.9 Å². The van der Waals surface area contributed by atoms with E-state index in [2.05, 4.69) is 26.2 Å². The first-order chi connectivity index (χ1) is 9.80. The van der Waals surface area contributed by atoms with Gasteiger partial charge in [0.2, 0.25) is 0 Å². The van der Waals surface area contributed by atoms with E-state index in [9.17, 15) is 4.79 Å². The lowest BCUT2D eigenvalue weighted by atomic mass is 9.90. The number of nitrogens with zero attached hydrogens (tertiary/aromatic N) is 2. The fraction of sp³-hybridized carbons (Fsp3) is 0.600. The van der Waals surface area contributed by atoms with Gasteiger partial charge in [0.05, 0.1) is 5.54 Å². The SMILES string of the molecule is CC(C)(C)OC(=O)N1C[C@@H]2C[C@]1(c1cncc(Br)c1)CN2. The summed E-state index contributed by atoms with van der Waals surface area (Å²) in [6.07, 6.45) is 4.26. The van der Waals surface area contributed by atoms with Gasteiger partial charge in [-0.25, -0.2) is 4.79 Å². The molecular weight excluding hydrogens is 334 g/mol. The summed E-state index contributed by atoms with van der Waals surface area (Å²) in [5.74, 6) is 0. The van der Waals surface area contributed by atoms with E-state index in [1.807, 2.05) is 37.9 Å². The second kappa shape index (κ2) is 4.95. The Labute approximate surface area is 133 Å². The number of rotatable bonds is 1. The molecule has 3 heterocycles. The second-order valence-corrected chi connectivity index (χ2v) is 7.71. The Morgan fingerprint density at radius 3 is 2.90 bits per heavy atom. The van der Waals surface area contributed by atoms with E-state index in [1.54, 1.807) is 6.20 Å². The highest BCUT2D eigenvalue weighted by atomic mass is 79.9. The molecule has 1 aromatic heterocycles. The third-order valence-electron chi connectivity index (χ3n) is 4.04. The number of hydrogen-bond acceptors (Lipinski definition) is 4. The van der Waals surface area contributed by atoms with E-state index < -0.39 is 5.60 Å². The minimum Gasteiger partial charge on any atom is -0.444 e. The fourth-order valence-electron chi connectivity index (χ4n) is 3.20. The van der Waals surface area contributed by atoms with Crippen molar-refractivity contribution in [2.24, 2.45) is 0 Å². The average molecular weight is 354 g/mol. The van der Waals surface area contributed by atoms with Gasteiger partial charge in [0.15, 0.2) is 0 Å². The highest BCUT2D eigenvalue weighted by Crippen LogP contribution is 2.43. The van der Waals surface area contributed by atoms with Crippen molar-refractivity contribution in [3.05, 3.63) is 28.5 Å². The molecule has 114 valence electrons. The van der Waals surface area contributed by atoms with Crippen LogP contribution in [0.3, 0.4) is 0 Å². The van der Waals surface area contributed by atoms with Gasteiger partial charge in [-0.2, -0.15) is 0 Å². The van der Waals surface area contributed by atoms with Crippen molar-refractivity contribution in [2.45, 2.75) is 44.4 Å². The molecule has 0 unspecified atom stereocenters. The first-order valence-electron chi connectivity index (χ1n) is 7.15. The zero-order valence-corrected chi connectivity index (χ0v) is 14.1. The standard InChI is InChI=1S/C15H20BrN3O2/c1-14(2,3)21-13(20)19-8-12-5-15(19,9-18-12)10-4-11(16)7-17-6-10/h4,6-7,12,18H,5,8-9H2,1-3H3/t12-,15+/m0/s1. The number of amides is 1. The molecule has 1 N–H and O–H groups in total. The van der Waals surface area contributed by atoms with Gasteiger partial charge in [0.25, 0.3) is 0 Å². The van der Waals surface area contributed by atoms with E-state index in [-0.39, 0.29) is 11.6 Å². The zero-order valence-electron chi connectivity index (χ0n) is 12.5. The minimum absolute atomic E-state index is 0.244. The van der Waals surface area contributed by atoms with Crippen LogP contribution in [0, 0.1) is 0 Å². The largest absolute Gasteiger partial charge is 0.444 e. The Morgan fingerprint density at radius 2 is 2.29 bits per heavy atom. The molecule has 2 fully saturated rings. The lowest BCUT2D eigenvalue weighted by Gasteiger charge is -2.39. The summed E-state index contributed by atoms with van der Waals surface area (Å²) in [5, 5.41) is 3.47. The van der Waals surface area contributed by atoms with Crippen LogP contribution in [0.5, 0.6) is 0 Å². The predicted octanol–water partition coefficient (Wildman–Crippen LogP) is 2.65. The molecule has 6 heteroatoms. The first kappa shape index (κ1) is 14.8. The van der Waals surface area contributed by atoms with Crippen molar-refractivity contribution in [3.8, 4) is 0 Å². The molecule has 0 spiro atoms. The predicted molar refractivity (Wildman–Crippen MR) is 83.0 cm³/mol. The zero-order chi connectivity index (χ0) is 15.3. The van der Waals surface area contributed by atoms with E-state index in [0.29, 0.717) is 12.6 Å². The molecule has 3 rings (SSSR count). The Kier molecular flexibility index (Phi) is 3.48. The number of aromatic nitrogens is 1. The topological polar surface area (TPSA) is 54.5 Å². The normalized spacial score (nSPS) is 28.0. The molecule has 0 saturated carbocycles. The molecule has 5 nitrogen and oxygen atoms in total. The van der Waals surface area contributed by atoms with Crippen molar-refractivity contribution in [1.82, 2.24) is 15.2 Å². The average Bonchev–Trinajstić information content (AvgIpc) is 2.95. The van der Waals surface area contributed by atoms with Crippen LogP contribution in [0.1, 0.15) is 32.8 Å². The summed E-state index contributed by atoms with van der Waals surface area (Å²) in [4.78, 5) is 18.7. The van der Waals surface area contributed by atoms with E-state index >= 15 is 0 Å². The Balaban J connectivity index is 1.93. The van der Waals surface area contributed by atoms with Gasteiger partial charge in [-0.15, -0.1) is 0 Å². The van der Waals surface area contributed by atoms with Crippen molar-refractivity contribution < 1.29 is 9.53 Å². The molecule has 0 aliphatic carbocycles. The maximum atomic E-state index is 12.6. The van der Waals surface area contributed by atoms with Gasteiger partial charge < -0.3 is 10.1 Å². The number of carbonyl (C=O) groups is 1. The van der Waals surface area contributed by atoms with Crippen LogP contribution in [0.4, 0.5) is 4.79 Å². The van der Waals surface area contributed by atoms with Gasteiger partial charge in [-0.1, -0.05) is 0 Å². The Morgan fingerprint density at radius 1 is 1.52 bits per heavy atom. The Hall–Kier alpha value is -1.14. The number of likely N-dealkylation sites (tertiary alicyclic amines) is 1. The molecule has 2 bridgehead atoms. The number of halogens is 1. The molecule has 0 aromatic carbocycles. The smallest absolute Gasteiger partial charge is 0.411 e. The van der Waals surface area contributed by atoms with Crippen molar-refractivity contribution in [3.63, 3.8) is 0 Å². The quantitative estimate of drug-likeness (QED) is 0.843. The van der Waals surface area contributed by atoms with Gasteiger partial charge in [-0.05, 0) is 54.8 Å². The van der Waals surface area contributed by atoms with Crippen molar-refractivity contribution >= 4 is 22.0 Å². The van der Waals surface area contributed by atoms with E-state index in [0.717, 1.165) is 23.0 Å². The maximum Gasteiger partial charge on any atom is 0.411 e. The van der Waals surface area contributed by atoms with Crippen LogP contribution < -0.4 is 5.32 Å². The molecule has 1 amide bonds. The van der Waals surface area contributed by atoms with E-state index in [1.165, 1.54) is 0 Å². The summed E-state index contributed by atoms with van der Waals surface area (Å²) in [6, 6.07) is 2.37. The van der Waals surface area contributed by atoms with Crippen LogP contribution in [0.2, 0.25) is 0 Å². The maximum absolute atomic E-state index is 12.6. The van der Waals surface area contributed by atoms with Crippen LogP contribution in [-0.4, -0.2) is 40.7 Å². The number of hydrogen-bond donors (Lipinski definition) is 1. The second-order valence-electron chi connectivity index (χ2n) is 6.80. The lowest BCUT2D eigenvalue weighted by molar-refractivity contribution is 0.00453. The number of piperazine rings is 1. The van der Waals surface area contributed by atoms with Crippen LogP contribution >= 0.6 is 15.9 Å². The van der Waals surface area contributed by atoms with Crippen molar-refractivity contribution in [1.29, 1.82) is 0 Å². The molecule has 2 aliphatic rings. The van der Waals surface area contributed by atoms with Gasteiger partial charge in [0.1, 0.15) is 5.60 Å². The number of nitrogens with one attached hydrogen (secondary N) is 1. The summed E-state index contributed by atoms with van der Waals surface area (Å²) < 4.78 is 6.50. The first-order valence-corrected chi connectivity index (χ1v) is 7.94. The summed E-state index contributed by atoms with van der Waals surface area (Å²) >= 11 is 3.46. The number of ether oxygens (including phenoxy) is 1. The lowest BCUT2D eigenvalue weighted by Crippen LogP contribution is -2.54. The molecular formula is C15H20BrN3O2. The minimum atomic E-state index is -0.483.